The second kappa shape index (κ2) is 9.86. The Morgan fingerprint density at radius 1 is 0.556 bits per heavy atom. The van der Waals surface area contributed by atoms with Crippen LogP contribution in [0.15, 0.2) is 140 Å². The quantitative estimate of drug-likeness (QED) is 0.207. The summed E-state index contributed by atoms with van der Waals surface area (Å²) < 4.78 is 4.65. The Morgan fingerprint density at radius 2 is 1.29 bits per heavy atom. The molecule has 0 saturated carbocycles. The van der Waals surface area contributed by atoms with Crippen molar-refractivity contribution in [3.05, 3.63) is 140 Å². The summed E-state index contributed by atoms with van der Waals surface area (Å²) in [5, 5.41) is 2.47. The van der Waals surface area contributed by atoms with Crippen LogP contribution in [-0.4, -0.2) is 27.8 Å². The largest absolute Gasteiger partial charge is 0.355 e. The van der Waals surface area contributed by atoms with Crippen molar-refractivity contribution in [3.63, 3.8) is 0 Å². The van der Waals surface area contributed by atoms with Gasteiger partial charge in [0, 0.05) is 47.4 Å². The molecule has 0 bridgehead atoms. The first-order valence-corrected chi connectivity index (χ1v) is 15.4. The SMILES string of the molecule is CN1CN(c2cccc(-n3c4ccccc4c4ccc(-c5nc6cccc(-c7ccccc7)c6n5C)cc43)c2)c2ccccc21. The van der Waals surface area contributed by atoms with Crippen LogP contribution in [0.3, 0.4) is 0 Å². The molecule has 0 spiro atoms. The molecule has 216 valence electrons. The summed E-state index contributed by atoms with van der Waals surface area (Å²) in [7, 11) is 4.28. The van der Waals surface area contributed by atoms with E-state index < -0.39 is 0 Å². The fourth-order valence-corrected chi connectivity index (χ4v) is 7.17. The predicted molar refractivity (Wildman–Crippen MR) is 188 cm³/mol. The molecule has 2 aromatic heterocycles. The number of aromatic nitrogens is 3. The number of aryl methyl sites for hydroxylation is 1. The molecule has 9 rings (SSSR count). The Bertz CT molecular complexity index is 2400. The number of benzene rings is 6. The molecule has 6 aromatic carbocycles. The third-order valence-electron chi connectivity index (χ3n) is 9.25. The van der Waals surface area contributed by atoms with E-state index in [1.54, 1.807) is 0 Å². The van der Waals surface area contributed by atoms with E-state index in [9.17, 15) is 0 Å². The van der Waals surface area contributed by atoms with E-state index in [0.717, 1.165) is 34.8 Å². The van der Waals surface area contributed by atoms with Gasteiger partial charge in [0.15, 0.2) is 0 Å². The number of anilines is 3. The molecule has 0 fully saturated rings. The van der Waals surface area contributed by atoms with Crippen LogP contribution in [0, 0.1) is 0 Å². The standard InChI is InChI=1S/C40H31N5/c1-42-26-44(37-21-9-8-20-36(37)42)29-14-10-15-30(25-29)45-35-19-7-6-16-32(35)33-23-22-28(24-38(33)45)40-41-34-18-11-17-31(39(34)43(40)2)27-12-4-3-5-13-27/h3-25H,26H2,1-2H3. The number of fused-ring (bicyclic) bond motifs is 5. The van der Waals surface area contributed by atoms with Crippen molar-refractivity contribution in [2.75, 3.05) is 23.5 Å². The van der Waals surface area contributed by atoms with Gasteiger partial charge < -0.3 is 18.9 Å². The van der Waals surface area contributed by atoms with Gasteiger partial charge in [-0.2, -0.15) is 0 Å². The molecule has 1 aliphatic heterocycles. The van der Waals surface area contributed by atoms with Crippen molar-refractivity contribution in [3.8, 4) is 28.2 Å². The minimum atomic E-state index is 0.817. The molecule has 1 aliphatic rings. The van der Waals surface area contributed by atoms with Crippen LogP contribution in [0.25, 0.3) is 61.0 Å². The first-order valence-electron chi connectivity index (χ1n) is 15.4. The van der Waals surface area contributed by atoms with Crippen molar-refractivity contribution in [2.45, 2.75) is 0 Å². The van der Waals surface area contributed by atoms with Crippen LogP contribution in [0.2, 0.25) is 0 Å². The Labute approximate surface area is 261 Å². The molecule has 0 amide bonds. The predicted octanol–water partition coefficient (Wildman–Crippen LogP) is 9.55. The topological polar surface area (TPSA) is 29.2 Å². The zero-order valence-corrected chi connectivity index (χ0v) is 25.2. The molecule has 45 heavy (non-hydrogen) atoms. The molecule has 0 unspecified atom stereocenters. The smallest absolute Gasteiger partial charge is 0.140 e. The first kappa shape index (κ1) is 25.7. The molecule has 0 aliphatic carbocycles. The van der Waals surface area contributed by atoms with E-state index >= 15 is 0 Å². The van der Waals surface area contributed by atoms with Crippen LogP contribution in [0.4, 0.5) is 17.1 Å². The lowest BCUT2D eigenvalue weighted by Crippen LogP contribution is -2.24. The third kappa shape index (κ3) is 3.90. The van der Waals surface area contributed by atoms with Gasteiger partial charge in [-0.05, 0) is 54.1 Å². The maximum atomic E-state index is 5.17. The van der Waals surface area contributed by atoms with Crippen LogP contribution in [0.5, 0.6) is 0 Å². The van der Waals surface area contributed by atoms with Crippen LogP contribution >= 0.6 is 0 Å². The van der Waals surface area contributed by atoms with Crippen molar-refractivity contribution in [1.82, 2.24) is 14.1 Å². The lowest BCUT2D eigenvalue weighted by molar-refractivity contribution is 0.948. The van der Waals surface area contributed by atoms with Gasteiger partial charge in [-0.3, -0.25) is 0 Å². The summed E-state index contributed by atoms with van der Waals surface area (Å²) >= 11 is 0. The zero-order chi connectivity index (χ0) is 30.1. The molecule has 5 heteroatoms. The first-order chi connectivity index (χ1) is 22.2. The van der Waals surface area contributed by atoms with Crippen molar-refractivity contribution >= 4 is 49.9 Å². The van der Waals surface area contributed by atoms with Crippen molar-refractivity contribution < 1.29 is 0 Å². The van der Waals surface area contributed by atoms with Gasteiger partial charge in [0.25, 0.3) is 0 Å². The molecule has 0 atom stereocenters. The monoisotopic (exact) mass is 581 g/mol. The van der Waals surface area contributed by atoms with Gasteiger partial charge >= 0.3 is 0 Å². The fraction of sp³-hybridized carbons (Fsp3) is 0.0750. The number of para-hydroxylation sites is 4. The number of hydrogen-bond acceptors (Lipinski definition) is 3. The Morgan fingerprint density at radius 3 is 2.18 bits per heavy atom. The summed E-state index contributed by atoms with van der Waals surface area (Å²) in [4.78, 5) is 9.86. The second-order valence-corrected chi connectivity index (χ2v) is 11.9. The maximum absolute atomic E-state index is 5.17. The van der Waals surface area contributed by atoms with E-state index in [1.165, 1.54) is 50.0 Å². The molecular formula is C40H31N5. The highest BCUT2D eigenvalue weighted by atomic mass is 15.4. The second-order valence-electron chi connectivity index (χ2n) is 11.9. The molecule has 0 N–H and O–H groups in total. The van der Waals surface area contributed by atoms with Gasteiger partial charge in [-0.1, -0.05) is 91.0 Å². The fourth-order valence-electron chi connectivity index (χ4n) is 7.17. The molecule has 5 nitrogen and oxygen atoms in total. The Hall–Kier alpha value is -5.81. The van der Waals surface area contributed by atoms with Crippen molar-refractivity contribution in [1.29, 1.82) is 0 Å². The summed E-state index contributed by atoms with van der Waals surface area (Å²) in [5.41, 5.74) is 12.8. The number of imidazole rings is 1. The van der Waals surface area contributed by atoms with Crippen LogP contribution in [-0.2, 0) is 7.05 Å². The van der Waals surface area contributed by atoms with Crippen molar-refractivity contribution in [2.24, 2.45) is 7.05 Å². The van der Waals surface area contributed by atoms with Crippen LogP contribution < -0.4 is 9.80 Å². The average molecular weight is 582 g/mol. The van der Waals surface area contributed by atoms with Gasteiger partial charge in [0.2, 0.25) is 0 Å². The molecule has 0 saturated heterocycles. The lowest BCUT2D eigenvalue weighted by atomic mass is 10.0. The summed E-state index contributed by atoms with van der Waals surface area (Å²) in [6.07, 6.45) is 0. The number of rotatable bonds is 4. The molecule has 8 aromatic rings. The molecule has 0 radical (unpaired) electrons. The molecule has 3 heterocycles. The lowest BCUT2D eigenvalue weighted by Gasteiger charge is -2.21. The highest BCUT2D eigenvalue weighted by molar-refractivity contribution is 6.10. The van der Waals surface area contributed by atoms with E-state index in [0.29, 0.717) is 0 Å². The van der Waals surface area contributed by atoms with E-state index in [2.05, 4.69) is 173 Å². The van der Waals surface area contributed by atoms with Gasteiger partial charge in [-0.15, -0.1) is 0 Å². The van der Waals surface area contributed by atoms with Crippen LogP contribution in [0.1, 0.15) is 0 Å². The highest BCUT2D eigenvalue weighted by Crippen LogP contribution is 2.41. The Kier molecular flexibility index (Phi) is 5.62. The average Bonchev–Trinajstić information content (AvgIpc) is 3.74. The van der Waals surface area contributed by atoms with Gasteiger partial charge in [-0.25, -0.2) is 4.98 Å². The summed E-state index contributed by atoms with van der Waals surface area (Å²) in [6, 6.07) is 50.0. The van der Waals surface area contributed by atoms with E-state index in [4.69, 9.17) is 4.98 Å². The third-order valence-corrected chi connectivity index (χ3v) is 9.25. The maximum Gasteiger partial charge on any atom is 0.140 e. The van der Waals surface area contributed by atoms with E-state index in [1.807, 2.05) is 0 Å². The van der Waals surface area contributed by atoms with E-state index in [-0.39, 0.29) is 0 Å². The zero-order valence-electron chi connectivity index (χ0n) is 25.2. The Balaban J connectivity index is 1.23. The number of nitrogens with zero attached hydrogens (tertiary/aromatic N) is 5. The summed E-state index contributed by atoms with van der Waals surface area (Å²) in [5.74, 6) is 0.956. The van der Waals surface area contributed by atoms with Gasteiger partial charge in [0.1, 0.15) is 5.82 Å². The highest BCUT2D eigenvalue weighted by Gasteiger charge is 2.24. The normalized spacial score (nSPS) is 12.9. The minimum absolute atomic E-state index is 0.817. The summed E-state index contributed by atoms with van der Waals surface area (Å²) in [6.45, 7) is 0.817. The molecular weight excluding hydrogens is 550 g/mol. The van der Waals surface area contributed by atoms with Gasteiger partial charge in [0.05, 0.1) is 40.1 Å². The number of hydrogen-bond donors (Lipinski definition) is 0. The minimum Gasteiger partial charge on any atom is -0.355 e.